The lowest BCUT2D eigenvalue weighted by atomic mass is 9.85. The van der Waals surface area contributed by atoms with E-state index in [0.717, 1.165) is 44.9 Å². The average Bonchev–Trinajstić information content (AvgIpc) is 3.26. The number of hydrogen-bond donors (Lipinski definition) is 2. The number of aryl methyl sites for hydroxylation is 1. The molecule has 2 rings (SSSR count). The van der Waals surface area contributed by atoms with Crippen LogP contribution in [-0.4, -0.2) is 40.4 Å². The summed E-state index contributed by atoms with van der Waals surface area (Å²) in [4.78, 5) is 13.9. The van der Waals surface area contributed by atoms with Crippen molar-refractivity contribution < 1.29 is 19.7 Å². The fourth-order valence-electron chi connectivity index (χ4n) is 4.54. The molecular weight excluding hydrogens is 420 g/mol. The number of rotatable bonds is 14. The normalized spacial score (nSPS) is 23.9. The van der Waals surface area contributed by atoms with Crippen molar-refractivity contribution in [3.63, 3.8) is 0 Å². The topological polar surface area (TPSA) is 66.8 Å². The van der Waals surface area contributed by atoms with Crippen LogP contribution in [0.15, 0.2) is 12.1 Å². The van der Waals surface area contributed by atoms with E-state index in [4.69, 9.17) is 21.4 Å². The Hall–Kier alpha value is -0.620. The van der Waals surface area contributed by atoms with Crippen molar-refractivity contribution in [1.29, 1.82) is 0 Å². The molecular formula is C24H39ClO4S. The maximum atomic E-state index is 12.0. The Morgan fingerprint density at radius 1 is 1.10 bits per heavy atom. The molecule has 172 valence electrons. The van der Waals surface area contributed by atoms with Gasteiger partial charge in [0.25, 0.3) is 0 Å². The van der Waals surface area contributed by atoms with Crippen LogP contribution in [0.2, 0.25) is 0 Å². The maximum absolute atomic E-state index is 12.0. The molecule has 0 aliphatic heterocycles. The molecule has 4 nitrogen and oxygen atoms in total. The van der Waals surface area contributed by atoms with Crippen LogP contribution in [0.3, 0.4) is 0 Å². The zero-order valence-corrected chi connectivity index (χ0v) is 20.1. The quantitative estimate of drug-likeness (QED) is 0.205. The van der Waals surface area contributed by atoms with Gasteiger partial charge in [-0.15, -0.1) is 22.9 Å². The molecule has 30 heavy (non-hydrogen) atoms. The predicted octanol–water partition coefficient (Wildman–Crippen LogP) is 5.96. The lowest BCUT2D eigenvalue weighted by Crippen LogP contribution is -2.21. The number of thiophene rings is 1. The molecule has 0 amide bonds. The van der Waals surface area contributed by atoms with Gasteiger partial charge in [-0.25, -0.2) is 4.79 Å². The van der Waals surface area contributed by atoms with Crippen LogP contribution in [0.25, 0.3) is 0 Å². The minimum Gasteiger partial charge on any atom is -0.459 e. The number of carbonyl (C=O) groups is 1. The summed E-state index contributed by atoms with van der Waals surface area (Å²) in [5.74, 6) is 0.448. The summed E-state index contributed by atoms with van der Waals surface area (Å²) in [5, 5.41) is 19.4. The molecule has 1 heterocycles. The van der Waals surface area contributed by atoms with Crippen LogP contribution >= 0.6 is 22.9 Å². The Kier molecular flexibility index (Phi) is 11.7. The minimum absolute atomic E-state index is 0.0643. The fraction of sp³-hybridized carbons (Fsp3) is 0.792. The third-order valence-corrected chi connectivity index (χ3v) is 7.71. The van der Waals surface area contributed by atoms with Gasteiger partial charge in [0, 0.05) is 16.9 Å². The highest BCUT2D eigenvalue weighted by Crippen LogP contribution is 2.42. The first-order valence-electron chi connectivity index (χ1n) is 11.6. The smallest absolute Gasteiger partial charge is 0.348 e. The summed E-state index contributed by atoms with van der Waals surface area (Å²) in [6.45, 7) is 4.01. The number of carbonyl (C=O) groups excluding carboxylic acids is 1. The molecule has 0 bridgehead atoms. The van der Waals surface area contributed by atoms with Crippen molar-refractivity contribution in [3.8, 4) is 0 Å². The van der Waals surface area contributed by atoms with Crippen LogP contribution in [0.4, 0.5) is 0 Å². The van der Waals surface area contributed by atoms with Gasteiger partial charge in [-0.05, 0) is 76.3 Å². The van der Waals surface area contributed by atoms with Gasteiger partial charge in [-0.1, -0.05) is 32.1 Å². The predicted molar refractivity (Wildman–Crippen MR) is 124 cm³/mol. The Labute approximate surface area is 191 Å². The van der Waals surface area contributed by atoms with Gasteiger partial charge in [0.1, 0.15) is 4.88 Å². The van der Waals surface area contributed by atoms with E-state index < -0.39 is 0 Å². The third-order valence-electron chi connectivity index (χ3n) is 6.09. The summed E-state index contributed by atoms with van der Waals surface area (Å²) < 4.78 is 5.26. The van der Waals surface area contributed by atoms with E-state index in [0.29, 0.717) is 29.7 Å². The Balaban J connectivity index is 1.73. The number of esters is 1. The second kappa shape index (κ2) is 13.7. The van der Waals surface area contributed by atoms with Crippen molar-refractivity contribution in [1.82, 2.24) is 0 Å². The molecule has 0 aromatic carbocycles. The average molecular weight is 459 g/mol. The molecule has 1 saturated carbocycles. The number of halogens is 1. The van der Waals surface area contributed by atoms with Crippen LogP contribution < -0.4 is 0 Å². The standard InChI is InChI=1S/C24H39ClO4S/c1-17(2)29-24(28)23-14-13-18(30-23)10-9-12-19-20(22(27)16-21(19)25)11-7-5-3-4-6-8-15-26/h13-14,17,19-22,26-27H,3-12,15-16H2,1-2H3/t19-,20?,21?,22-/m1/s1. The first-order chi connectivity index (χ1) is 14.4. The lowest BCUT2D eigenvalue weighted by Gasteiger charge is -2.23. The van der Waals surface area contributed by atoms with E-state index in [1.54, 1.807) is 0 Å². The molecule has 1 aromatic rings. The van der Waals surface area contributed by atoms with E-state index in [1.165, 1.54) is 35.5 Å². The van der Waals surface area contributed by atoms with Crippen LogP contribution in [0.5, 0.6) is 0 Å². The van der Waals surface area contributed by atoms with Crippen molar-refractivity contribution in [3.05, 3.63) is 21.9 Å². The van der Waals surface area contributed by atoms with Gasteiger partial charge >= 0.3 is 5.97 Å². The number of hydrogen-bond acceptors (Lipinski definition) is 5. The highest BCUT2D eigenvalue weighted by atomic mass is 35.5. The second-order valence-corrected chi connectivity index (χ2v) is 10.6. The van der Waals surface area contributed by atoms with Crippen molar-refractivity contribution in [2.24, 2.45) is 11.8 Å². The Morgan fingerprint density at radius 3 is 2.47 bits per heavy atom. The van der Waals surface area contributed by atoms with Gasteiger partial charge in [0.15, 0.2) is 0 Å². The van der Waals surface area contributed by atoms with Gasteiger partial charge < -0.3 is 14.9 Å². The molecule has 0 radical (unpaired) electrons. The molecule has 0 spiro atoms. The molecule has 0 saturated heterocycles. The molecule has 2 N–H and O–H groups in total. The number of alkyl halides is 1. The van der Waals surface area contributed by atoms with Crippen molar-refractivity contribution in [2.45, 2.75) is 102 Å². The number of aliphatic hydroxyl groups excluding tert-OH is 2. The molecule has 1 aromatic heterocycles. The van der Waals surface area contributed by atoms with E-state index in [1.807, 2.05) is 26.0 Å². The maximum Gasteiger partial charge on any atom is 0.348 e. The van der Waals surface area contributed by atoms with Gasteiger partial charge in [-0.3, -0.25) is 0 Å². The van der Waals surface area contributed by atoms with E-state index >= 15 is 0 Å². The molecule has 2 unspecified atom stereocenters. The monoisotopic (exact) mass is 458 g/mol. The lowest BCUT2D eigenvalue weighted by molar-refractivity contribution is 0.0384. The van der Waals surface area contributed by atoms with Crippen molar-refractivity contribution >= 4 is 28.9 Å². The van der Waals surface area contributed by atoms with E-state index in [2.05, 4.69) is 0 Å². The molecule has 1 aliphatic rings. The second-order valence-electron chi connectivity index (χ2n) is 8.89. The van der Waals surface area contributed by atoms with E-state index in [-0.39, 0.29) is 23.6 Å². The first kappa shape index (κ1) is 25.6. The summed E-state index contributed by atoms with van der Waals surface area (Å²) >= 11 is 8.12. The minimum atomic E-state index is -0.272. The molecule has 1 aliphatic carbocycles. The van der Waals surface area contributed by atoms with Crippen LogP contribution in [0.1, 0.15) is 92.6 Å². The van der Waals surface area contributed by atoms with E-state index in [9.17, 15) is 9.90 Å². The fourth-order valence-corrected chi connectivity index (χ4v) is 5.97. The Bertz CT molecular complexity index is 618. The largest absolute Gasteiger partial charge is 0.459 e. The third kappa shape index (κ3) is 8.49. The number of aliphatic hydroxyl groups is 2. The zero-order valence-electron chi connectivity index (χ0n) is 18.5. The molecule has 6 heteroatoms. The highest BCUT2D eigenvalue weighted by molar-refractivity contribution is 7.13. The number of unbranched alkanes of at least 4 members (excludes halogenated alkanes) is 5. The van der Waals surface area contributed by atoms with Crippen LogP contribution in [-0.2, 0) is 11.2 Å². The van der Waals surface area contributed by atoms with Gasteiger partial charge in [0.2, 0.25) is 0 Å². The zero-order chi connectivity index (χ0) is 21.9. The number of ether oxygens (including phenoxy) is 1. The Morgan fingerprint density at radius 2 is 1.77 bits per heavy atom. The molecule has 4 atom stereocenters. The summed E-state index contributed by atoms with van der Waals surface area (Å²) in [6.07, 6.45) is 11.1. The summed E-state index contributed by atoms with van der Waals surface area (Å²) in [5.41, 5.74) is 0. The summed E-state index contributed by atoms with van der Waals surface area (Å²) in [6, 6.07) is 3.88. The van der Waals surface area contributed by atoms with Crippen molar-refractivity contribution in [2.75, 3.05) is 6.61 Å². The highest BCUT2D eigenvalue weighted by Gasteiger charge is 2.40. The van der Waals surface area contributed by atoms with Crippen LogP contribution in [0, 0.1) is 11.8 Å². The summed E-state index contributed by atoms with van der Waals surface area (Å²) in [7, 11) is 0. The SMILES string of the molecule is CC(C)OC(=O)c1ccc(CCC[C@H]2C(Cl)C[C@@H](O)C2CCCCCCCCO)s1. The van der Waals surface area contributed by atoms with Gasteiger partial charge in [0.05, 0.1) is 12.2 Å². The molecule has 1 fully saturated rings. The first-order valence-corrected chi connectivity index (χ1v) is 12.9. The van der Waals surface area contributed by atoms with Gasteiger partial charge in [-0.2, -0.15) is 0 Å².